The molecule has 2 N–H and O–H groups in total. The summed E-state index contributed by atoms with van der Waals surface area (Å²) in [5.74, 6) is -1.41. The molecule has 2 unspecified atom stereocenters. The van der Waals surface area contributed by atoms with E-state index in [1.165, 1.54) is 6.07 Å². The van der Waals surface area contributed by atoms with Crippen molar-refractivity contribution in [1.82, 2.24) is 10.6 Å². The first-order chi connectivity index (χ1) is 11.1. The molecule has 2 saturated heterocycles. The molecule has 2 aliphatic heterocycles. The Labute approximate surface area is 134 Å². The average molecular weight is 325 g/mol. The molecule has 126 valence electrons. The predicted molar refractivity (Wildman–Crippen MR) is 82.3 cm³/mol. The van der Waals surface area contributed by atoms with Gasteiger partial charge in [-0.25, -0.2) is 8.78 Å². The van der Waals surface area contributed by atoms with Gasteiger partial charge in [-0.2, -0.15) is 0 Å². The quantitative estimate of drug-likeness (QED) is 0.864. The summed E-state index contributed by atoms with van der Waals surface area (Å²) in [7, 11) is 0. The molecule has 0 aromatic heterocycles. The molecule has 1 aromatic rings. The highest BCUT2D eigenvalue weighted by Gasteiger charge is 2.26. The number of carbonyl (C=O) groups is 1. The van der Waals surface area contributed by atoms with Crippen molar-refractivity contribution in [3.63, 3.8) is 0 Å². The molecule has 2 atom stereocenters. The van der Waals surface area contributed by atoms with Crippen LogP contribution < -0.4 is 15.5 Å². The molecule has 0 saturated carbocycles. The number of amides is 1. The number of halogens is 2. The second-order valence-electron chi connectivity index (χ2n) is 6.03. The van der Waals surface area contributed by atoms with E-state index in [9.17, 15) is 13.6 Å². The molecular formula is C16H21F2N3O2. The van der Waals surface area contributed by atoms with Crippen molar-refractivity contribution < 1.29 is 18.3 Å². The fraction of sp³-hybridized carbons (Fsp3) is 0.562. The fourth-order valence-corrected chi connectivity index (χ4v) is 3.02. The van der Waals surface area contributed by atoms with E-state index in [1.807, 2.05) is 4.90 Å². The lowest BCUT2D eigenvalue weighted by molar-refractivity contribution is -0.126. The molecule has 0 spiro atoms. The first kappa shape index (κ1) is 16.1. The van der Waals surface area contributed by atoms with Crippen molar-refractivity contribution in [3.05, 3.63) is 29.8 Å². The largest absolute Gasteiger partial charge is 0.378 e. The van der Waals surface area contributed by atoms with E-state index in [0.717, 1.165) is 25.6 Å². The van der Waals surface area contributed by atoms with E-state index < -0.39 is 11.6 Å². The number of nitrogens with zero attached hydrogens (tertiary/aromatic N) is 1. The minimum absolute atomic E-state index is 0.0454. The summed E-state index contributed by atoms with van der Waals surface area (Å²) in [5, 5.41) is 6.06. The third kappa shape index (κ3) is 3.97. The van der Waals surface area contributed by atoms with Gasteiger partial charge in [-0.3, -0.25) is 4.79 Å². The van der Waals surface area contributed by atoms with Gasteiger partial charge in [0.25, 0.3) is 0 Å². The number of hydrogen-bond acceptors (Lipinski definition) is 4. The molecule has 2 fully saturated rings. The highest BCUT2D eigenvalue weighted by Crippen LogP contribution is 2.25. The van der Waals surface area contributed by atoms with E-state index >= 15 is 0 Å². The Morgan fingerprint density at radius 1 is 1.39 bits per heavy atom. The molecule has 0 bridgehead atoms. The average Bonchev–Trinajstić information content (AvgIpc) is 3.05. The Balaban J connectivity index is 1.47. The van der Waals surface area contributed by atoms with E-state index in [4.69, 9.17) is 4.74 Å². The maximum Gasteiger partial charge on any atom is 0.239 e. The van der Waals surface area contributed by atoms with Crippen LogP contribution in [-0.4, -0.2) is 51.3 Å². The number of hydrogen-bond donors (Lipinski definition) is 2. The second kappa shape index (κ2) is 7.23. The van der Waals surface area contributed by atoms with Crippen molar-refractivity contribution in [2.75, 3.05) is 44.3 Å². The third-order valence-corrected chi connectivity index (χ3v) is 4.36. The van der Waals surface area contributed by atoms with Crippen LogP contribution in [0.5, 0.6) is 0 Å². The Hall–Kier alpha value is -1.73. The van der Waals surface area contributed by atoms with Gasteiger partial charge in [-0.05, 0) is 24.5 Å². The molecule has 3 rings (SSSR count). The van der Waals surface area contributed by atoms with Crippen LogP contribution in [-0.2, 0) is 9.53 Å². The van der Waals surface area contributed by atoms with Crippen LogP contribution in [0.2, 0.25) is 0 Å². The minimum atomic E-state index is -0.834. The van der Waals surface area contributed by atoms with Gasteiger partial charge < -0.3 is 20.3 Å². The van der Waals surface area contributed by atoms with E-state index in [-0.39, 0.29) is 11.9 Å². The Kier molecular flexibility index (Phi) is 5.07. The summed E-state index contributed by atoms with van der Waals surface area (Å²) in [6, 6.07) is 3.67. The van der Waals surface area contributed by atoms with Gasteiger partial charge in [0.15, 0.2) is 11.6 Å². The standard InChI is InChI=1S/C16H21F2N3O2/c17-13-2-1-12(7-14(13)18)21-5-3-11(9-21)8-20-16(22)15-10-23-6-4-19-15/h1-2,7,11,15,19H,3-6,8-10H2,(H,20,22). The maximum atomic E-state index is 13.3. The zero-order chi connectivity index (χ0) is 16.2. The van der Waals surface area contributed by atoms with Crippen molar-refractivity contribution >= 4 is 11.6 Å². The van der Waals surface area contributed by atoms with Gasteiger partial charge in [-0.15, -0.1) is 0 Å². The van der Waals surface area contributed by atoms with Gasteiger partial charge in [0, 0.05) is 37.9 Å². The van der Waals surface area contributed by atoms with E-state index in [2.05, 4.69) is 10.6 Å². The summed E-state index contributed by atoms with van der Waals surface area (Å²) >= 11 is 0. The fourth-order valence-electron chi connectivity index (χ4n) is 3.02. The lowest BCUT2D eigenvalue weighted by Gasteiger charge is -2.24. The summed E-state index contributed by atoms with van der Waals surface area (Å²) in [4.78, 5) is 14.0. The van der Waals surface area contributed by atoms with Crippen LogP contribution in [0.15, 0.2) is 18.2 Å². The number of ether oxygens (including phenoxy) is 1. The smallest absolute Gasteiger partial charge is 0.239 e. The highest BCUT2D eigenvalue weighted by atomic mass is 19.2. The molecule has 2 aliphatic rings. The van der Waals surface area contributed by atoms with Crippen molar-refractivity contribution in [2.45, 2.75) is 12.5 Å². The van der Waals surface area contributed by atoms with Crippen molar-refractivity contribution in [1.29, 1.82) is 0 Å². The summed E-state index contributed by atoms with van der Waals surface area (Å²) in [6.45, 7) is 3.80. The Bertz CT molecular complexity index is 564. The van der Waals surface area contributed by atoms with Crippen molar-refractivity contribution in [3.8, 4) is 0 Å². The Morgan fingerprint density at radius 3 is 3.00 bits per heavy atom. The highest BCUT2D eigenvalue weighted by molar-refractivity contribution is 5.82. The third-order valence-electron chi connectivity index (χ3n) is 4.36. The van der Waals surface area contributed by atoms with Crippen molar-refractivity contribution in [2.24, 2.45) is 5.92 Å². The van der Waals surface area contributed by atoms with Crippen LogP contribution >= 0.6 is 0 Å². The number of morpholine rings is 1. The van der Waals surface area contributed by atoms with E-state index in [0.29, 0.717) is 37.9 Å². The maximum absolute atomic E-state index is 13.3. The molecule has 5 nitrogen and oxygen atoms in total. The van der Waals surface area contributed by atoms with E-state index in [1.54, 1.807) is 6.07 Å². The molecule has 1 amide bonds. The number of rotatable bonds is 4. The van der Waals surface area contributed by atoms with Crippen LogP contribution in [0.1, 0.15) is 6.42 Å². The predicted octanol–water partition coefficient (Wildman–Crippen LogP) is 0.896. The first-order valence-corrected chi connectivity index (χ1v) is 7.92. The van der Waals surface area contributed by atoms with Crippen LogP contribution in [0.4, 0.5) is 14.5 Å². The summed E-state index contributed by atoms with van der Waals surface area (Å²) in [6.07, 6.45) is 0.911. The number of carbonyl (C=O) groups excluding carboxylic acids is 1. The molecular weight excluding hydrogens is 304 g/mol. The first-order valence-electron chi connectivity index (χ1n) is 7.92. The summed E-state index contributed by atoms with van der Waals surface area (Å²) < 4.78 is 31.6. The molecule has 23 heavy (non-hydrogen) atoms. The molecule has 2 heterocycles. The lowest BCUT2D eigenvalue weighted by Crippen LogP contribution is -2.52. The van der Waals surface area contributed by atoms with Crippen LogP contribution in [0.3, 0.4) is 0 Å². The zero-order valence-corrected chi connectivity index (χ0v) is 12.9. The lowest BCUT2D eigenvalue weighted by atomic mass is 10.1. The minimum Gasteiger partial charge on any atom is -0.378 e. The number of anilines is 1. The number of benzene rings is 1. The van der Waals surface area contributed by atoms with Gasteiger partial charge in [0.2, 0.25) is 5.91 Å². The molecule has 7 heteroatoms. The Morgan fingerprint density at radius 2 is 2.26 bits per heavy atom. The van der Waals surface area contributed by atoms with Gasteiger partial charge in [0.1, 0.15) is 6.04 Å². The van der Waals surface area contributed by atoms with Gasteiger partial charge >= 0.3 is 0 Å². The topological polar surface area (TPSA) is 53.6 Å². The van der Waals surface area contributed by atoms with Gasteiger partial charge in [-0.1, -0.05) is 0 Å². The molecule has 0 radical (unpaired) electrons. The number of nitrogens with one attached hydrogen (secondary N) is 2. The molecule has 1 aromatic carbocycles. The van der Waals surface area contributed by atoms with Gasteiger partial charge in [0.05, 0.1) is 13.2 Å². The second-order valence-corrected chi connectivity index (χ2v) is 6.03. The normalized spacial score (nSPS) is 24.7. The molecule has 0 aliphatic carbocycles. The monoisotopic (exact) mass is 325 g/mol. The van der Waals surface area contributed by atoms with Crippen LogP contribution in [0, 0.1) is 17.6 Å². The van der Waals surface area contributed by atoms with Crippen LogP contribution in [0.25, 0.3) is 0 Å². The zero-order valence-electron chi connectivity index (χ0n) is 12.9. The SMILES string of the molecule is O=C(NCC1CCN(c2ccc(F)c(F)c2)C1)C1COCCN1. The summed E-state index contributed by atoms with van der Waals surface area (Å²) in [5.41, 5.74) is 0.681.